The molecule has 1 atom stereocenters. The summed E-state index contributed by atoms with van der Waals surface area (Å²) in [6.07, 6.45) is 1.07. The highest BCUT2D eigenvalue weighted by atomic mass is 14.4. The van der Waals surface area contributed by atoms with Crippen LogP contribution in [-0.4, -0.2) is 0 Å². The Labute approximate surface area is 205 Å². The van der Waals surface area contributed by atoms with Gasteiger partial charge < -0.3 is 0 Å². The highest BCUT2D eigenvalue weighted by Crippen LogP contribution is 2.51. The Balaban J connectivity index is 1.61. The summed E-state index contributed by atoms with van der Waals surface area (Å²) in [5, 5.41) is 0. The van der Waals surface area contributed by atoms with Crippen molar-refractivity contribution in [1.82, 2.24) is 0 Å². The average Bonchev–Trinajstić information content (AvgIpc) is 3.10. The second-order valence-corrected chi connectivity index (χ2v) is 11.2. The molecule has 0 amide bonds. The fourth-order valence-corrected chi connectivity index (χ4v) is 5.87. The lowest BCUT2D eigenvalue weighted by molar-refractivity contribution is 0.547. The maximum atomic E-state index is 2.49. The third-order valence-electron chi connectivity index (χ3n) is 8.65. The average molecular weight is 445 g/mol. The van der Waals surface area contributed by atoms with Crippen molar-refractivity contribution in [1.29, 1.82) is 0 Å². The van der Waals surface area contributed by atoms with Crippen molar-refractivity contribution in [3.8, 4) is 11.1 Å². The van der Waals surface area contributed by atoms with Gasteiger partial charge >= 0.3 is 0 Å². The van der Waals surface area contributed by atoms with Crippen LogP contribution in [0.5, 0.6) is 0 Å². The molecular weight excluding hydrogens is 408 g/mol. The molecule has 0 saturated heterocycles. The van der Waals surface area contributed by atoms with E-state index in [1.165, 1.54) is 44.5 Å². The van der Waals surface area contributed by atoms with Gasteiger partial charge in [-0.15, -0.1) is 0 Å². The topological polar surface area (TPSA) is 0 Å². The van der Waals surface area contributed by atoms with Crippen LogP contribution in [0, 0.1) is 0 Å². The molecule has 1 unspecified atom stereocenters. The van der Waals surface area contributed by atoms with Gasteiger partial charge in [-0.2, -0.15) is 0 Å². The largest absolute Gasteiger partial charge is 0.0642 e. The van der Waals surface area contributed by atoms with E-state index in [-0.39, 0.29) is 16.2 Å². The molecular formula is C34H36. The van der Waals surface area contributed by atoms with Gasteiger partial charge in [-0.25, -0.2) is 0 Å². The van der Waals surface area contributed by atoms with Gasteiger partial charge in [0.2, 0.25) is 0 Å². The van der Waals surface area contributed by atoms with Crippen molar-refractivity contribution in [3.05, 3.63) is 130 Å². The summed E-state index contributed by atoms with van der Waals surface area (Å²) in [4.78, 5) is 0. The predicted octanol–water partition coefficient (Wildman–Crippen LogP) is 9.03. The first-order valence-corrected chi connectivity index (χ1v) is 12.6. The molecule has 0 heterocycles. The molecule has 0 saturated carbocycles. The molecule has 1 aliphatic carbocycles. The van der Waals surface area contributed by atoms with Gasteiger partial charge in [0.15, 0.2) is 0 Å². The van der Waals surface area contributed by atoms with E-state index in [4.69, 9.17) is 0 Å². The van der Waals surface area contributed by atoms with Crippen LogP contribution in [-0.2, 0) is 16.2 Å². The SMILES string of the molecule is CCC(C)(c1ccccc1)c1ccc2c(c1)C(C)(C)c1cc(C(C)(C)c3ccccc3)ccc1-2. The van der Waals surface area contributed by atoms with Crippen LogP contribution in [0.1, 0.15) is 81.3 Å². The van der Waals surface area contributed by atoms with Gasteiger partial charge in [-0.3, -0.25) is 0 Å². The van der Waals surface area contributed by atoms with Crippen molar-refractivity contribution in [2.24, 2.45) is 0 Å². The number of fused-ring (bicyclic) bond motifs is 3. The zero-order valence-electron chi connectivity index (χ0n) is 21.4. The molecule has 172 valence electrons. The summed E-state index contributed by atoms with van der Waals surface area (Å²) < 4.78 is 0. The summed E-state index contributed by atoms with van der Waals surface area (Å²) >= 11 is 0. The first-order valence-electron chi connectivity index (χ1n) is 12.6. The van der Waals surface area contributed by atoms with Crippen molar-refractivity contribution in [3.63, 3.8) is 0 Å². The second-order valence-electron chi connectivity index (χ2n) is 11.2. The van der Waals surface area contributed by atoms with Crippen LogP contribution in [0.3, 0.4) is 0 Å². The minimum absolute atomic E-state index is 0.00159. The Kier molecular flexibility index (Phi) is 5.32. The number of hydrogen-bond donors (Lipinski definition) is 0. The van der Waals surface area contributed by atoms with E-state index in [1.807, 2.05) is 0 Å². The van der Waals surface area contributed by atoms with E-state index in [2.05, 4.69) is 139 Å². The molecule has 1 aliphatic rings. The number of benzene rings is 4. The predicted molar refractivity (Wildman–Crippen MR) is 146 cm³/mol. The van der Waals surface area contributed by atoms with E-state index in [9.17, 15) is 0 Å². The Hall–Kier alpha value is -3.12. The third-order valence-corrected chi connectivity index (χ3v) is 8.65. The highest BCUT2D eigenvalue weighted by Gasteiger charge is 2.38. The quantitative estimate of drug-likeness (QED) is 0.288. The Morgan fingerprint density at radius 2 is 1.03 bits per heavy atom. The summed E-state index contributed by atoms with van der Waals surface area (Å²) in [7, 11) is 0. The molecule has 0 radical (unpaired) electrons. The van der Waals surface area contributed by atoms with Crippen molar-refractivity contribution < 1.29 is 0 Å². The monoisotopic (exact) mass is 444 g/mol. The van der Waals surface area contributed by atoms with Crippen molar-refractivity contribution in [2.75, 3.05) is 0 Å². The zero-order chi connectivity index (χ0) is 24.1. The van der Waals surface area contributed by atoms with Crippen LogP contribution in [0.15, 0.2) is 97.1 Å². The van der Waals surface area contributed by atoms with Gasteiger partial charge in [0.1, 0.15) is 0 Å². The van der Waals surface area contributed by atoms with Crippen LogP contribution in [0.4, 0.5) is 0 Å². The van der Waals surface area contributed by atoms with Crippen LogP contribution in [0.2, 0.25) is 0 Å². The molecule has 5 rings (SSSR count). The lowest BCUT2D eigenvalue weighted by atomic mass is 9.72. The Bertz CT molecular complexity index is 1330. The molecule has 4 aromatic rings. The fraction of sp³-hybridized carbons (Fsp3) is 0.294. The van der Waals surface area contributed by atoms with E-state index in [0.717, 1.165) is 6.42 Å². The molecule has 0 aliphatic heterocycles. The van der Waals surface area contributed by atoms with Gasteiger partial charge in [-0.05, 0) is 50.9 Å². The lowest BCUT2D eigenvalue weighted by Gasteiger charge is -2.32. The van der Waals surface area contributed by atoms with Gasteiger partial charge in [0, 0.05) is 16.2 Å². The Morgan fingerprint density at radius 1 is 0.559 bits per heavy atom. The summed E-state index contributed by atoms with van der Waals surface area (Å²) in [5.74, 6) is 0. The standard InChI is InChI=1S/C34H36/c1-7-34(6,25-16-12-9-13-17-25)27-19-21-29-28-20-18-26(22-30(28)33(4,5)31(29)23-27)32(2,3)24-14-10-8-11-15-24/h8-23H,7H2,1-6H3. The van der Waals surface area contributed by atoms with Crippen LogP contribution >= 0.6 is 0 Å². The summed E-state index contributed by atoms with van der Waals surface area (Å²) in [6.45, 7) is 14.2. The van der Waals surface area contributed by atoms with E-state index < -0.39 is 0 Å². The first-order chi connectivity index (χ1) is 16.2. The molecule has 0 heteroatoms. The van der Waals surface area contributed by atoms with Gasteiger partial charge in [-0.1, -0.05) is 139 Å². The lowest BCUT2D eigenvalue weighted by Crippen LogP contribution is -2.24. The van der Waals surface area contributed by atoms with Crippen LogP contribution in [0.25, 0.3) is 11.1 Å². The normalized spacial score (nSPS) is 15.9. The third kappa shape index (κ3) is 3.35. The molecule has 34 heavy (non-hydrogen) atoms. The molecule has 0 N–H and O–H groups in total. The summed E-state index contributed by atoms with van der Waals surface area (Å²) in [6, 6.07) is 36.2. The molecule has 0 bridgehead atoms. The second kappa shape index (κ2) is 7.98. The number of hydrogen-bond acceptors (Lipinski definition) is 0. The van der Waals surface area contributed by atoms with E-state index >= 15 is 0 Å². The molecule has 0 fully saturated rings. The summed E-state index contributed by atoms with van der Waals surface area (Å²) in [5.41, 5.74) is 11.1. The van der Waals surface area contributed by atoms with Gasteiger partial charge in [0.25, 0.3) is 0 Å². The smallest absolute Gasteiger partial charge is 0.0172 e. The van der Waals surface area contributed by atoms with Crippen molar-refractivity contribution in [2.45, 2.75) is 64.2 Å². The Morgan fingerprint density at radius 3 is 1.56 bits per heavy atom. The minimum atomic E-state index is -0.0413. The zero-order valence-corrected chi connectivity index (χ0v) is 21.4. The molecule has 4 aromatic carbocycles. The molecule has 0 spiro atoms. The van der Waals surface area contributed by atoms with E-state index in [0.29, 0.717) is 0 Å². The van der Waals surface area contributed by atoms with E-state index in [1.54, 1.807) is 0 Å². The van der Waals surface area contributed by atoms with Crippen molar-refractivity contribution >= 4 is 0 Å². The fourth-order valence-electron chi connectivity index (χ4n) is 5.87. The maximum absolute atomic E-state index is 2.49. The first kappa shape index (κ1) is 22.7. The van der Waals surface area contributed by atoms with Gasteiger partial charge in [0.05, 0.1) is 0 Å². The maximum Gasteiger partial charge on any atom is 0.0172 e. The molecule has 0 aromatic heterocycles. The van der Waals surface area contributed by atoms with Crippen LogP contribution < -0.4 is 0 Å². The number of rotatable bonds is 5. The minimum Gasteiger partial charge on any atom is -0.0642 e. The highest BCUT2D eigenvalue weighted by molar-refractivity contribution is 5.81. The molecule has 0 nitrogen and oxygen atoms in total.